The molecule has 0 spiro atoms. The van der Waals surface area contributed by atoms with Gasteiger partial charge in [0.05, 0.1) is 11.9 Å². The summed E-state index contributed by atoms with van der Waals surface area (Å²) in [7, 11) is 0. The van der Waals surface area contributed by atoms with Crippen molar-refractivity contribution in [2.24, 2.45) is 0 Å². The zero-order valence-electron chi connectivity index (χ0n) is 16.2. The van der Waals surface area contributed by atoms with Crippen LogP contribution in [0.15, 0.2) is 30.5 Å². The van der Waals surface area contributed by atoms with E-state index in [0.29, 0.717) is 23.0 Å². The Hall–Kier alpha value is -3.62. The number of rotatable bonds is 4. The number of aryl methyl sites for hydroxylation is 2. The van der Waals surface area contributed by atoms with E-state index in [-0.39, 0.29) is 12.3 Å². The number of carbonyl (C=O) groups is 1. The van der Waals surface area contributed by atoms with E-state index in [9.17, 15) is 4.79 Å². The maximum absolute atomic E-state index is 12.1. The van der Waals surface area contributed by atoms with Crippen LogP contribution >= 0.6 is 0 Å². The monoisotopic (exact) mass is 378 g/mol. The van der Waals surface area contributed by atoms with Gasteiger partial charge in [0.25, 0.3) is 0 Å². The first-order valence-corrected chi connectivity index (χ1v) is 9.04. The molecule has 4 rings (SSSR count). The van der Waals surface area contributed by atoms with Crippen LogP contribution in [0.2, 0.25) is 0 Å². The quantitative estimate of drug-likeness (QED) is 0.501. The Morgan fingerprint density at radius 3 is 2.75 bits per heavy atom. The van der Waals surface area contributed by atoms with Gasteiger partial charge in [0.2, 0.25) is 5.91 Å². The minimum atomic E-state index is -0.219. The number of H-pyrrole nitrogens is 2. The van der Waals surface area contributed by atoms with Crippen molar-refractivity contribution in [2.45, 2.75) is 34.1 Å². The third-order valence-corrected chi connectivity index (χ3v) is 3.96. The van der Waals surface area contributed by atoms with Gasteiger partial charge in [-0.05, 0) is 43.2 Å². The maximum Gasteiger partial charge on any atom is 0.232 e. The second-order valence-electron chi connectivity index (χ2n) is 6.05. The van der Waals surface area contributed by atoms with Gasteiger partial charge >= 0.3 is 0 Å². The number of aromatic amines is 2. The average molecular weight is 378 g/mol. The summed E-state index contributed by atoms with van der Waals surface area (Å²) in [6, 6.07) is 7.67. The van der Waals surface area contributed by atoms with Crippen LogP contribution in [-0.2, 0) is 11.2 Å². The number of fused-ring (bicyclic) bond motifs is 1. The summed E-state index contributed by atoms with van der Waals surface area (Å²) in [5, 5.41) is 16.2. The van der Waals surface area contributed by atoms with Crippen LogP contribution in [0.25, 0.3) is 22.6 Å². The molecule has 0 aliphatic heterocycles. The Kier molecular flexibility index (Phi) is 5.73. The largest absolute Gasteiger partial charge is 0.337 e. The summed E-state index contributed by atoms with van der Waals surface area (Å²) in [6.07, 6.45) is 1.84. The Labute approximate surface area is 162 Å². The SMILES string of the molecule is CC.Cc1cnc2nc(-c3cc(NC(=O)Cc4nn[nH]n4)ccc3C)[nH]c2c1. The molecule has 1 amide bonds. The van der Waals surface area contributed by atoms with Crippen molar-refractivity contribution in [3.63, 3.8) is 0 Å². The number of anilines is 1. The molecule has 3 heterocycles. The van der Waals surface area contributed by atoms with Crippen molar-refractivity contribution in [3.05, 3.63) is 47.4 Å². The molecule has 0 saturated heterocycles. The lowest BCUT2D eigenvalue weighted by atomic mass is 10.1. The summed E-state index contributed by atoms with van der Waals surface area (Å²) < 4.78 is 0. The van der Waals surface area contributed by atoms with Gasteiger partial charge in [-0.2, -0.15) is 5.21 Å². The van der Waals surface area contributed by atoms with Gasteiger partial charge in [-0.25, -0.2) is 9.97 Å². The van der Waals surface area contributed by atoms with Gasteiger partial charge in [0, 0.05) is 17.4 Å². The van der Waals surface area contributed by atoms with E-state index in [1.54, 1.807) is 6.20 Å². The Morgan fingerprint density at radius 2 is 2.00 bits per heavy atom. The van der Waals surface area contributed by atoms with Crippen LogP contribution in [0, 0.1) is 13.8 Å². The van der Waals surface area contributed by atoms with E-state index in [0.717, 1.165) is 22.2 Å². The summed E-state index contributed by atoms with van der Waals surface area (Å²) in [5.41, 5.74) is 5.22. The summed E-state index contributed by atoms with van der Waals surface area (Å²) >= 11 is 0. The van der Waals surface area contributed by atoms with Crippen molar-refractivity contribution >= 4 is 22.8 Å². The van der Waals surface area contributed by atoms with Crippen molar-refractivity contribution in [1.29, 1.82) is 0 Å². The standard InChI is InChI=1S/C17H16N8O.C2H6/c1-9-5-13-17(18-8-9)21-16(20-13)12-6-11(4-3-10(12)2)19-15(26)7-14-22-24-25-23-14;1-2/h3-6,8H,7H2,1-2H3,(H,19,26)(H,18,20,21)(H,22,23,24,25);1-2H3. The lowest BCUT2D eigenvalue weighted by Crippen LogP contribution is -2.15. The fraction of sp³-hybridized carbons (Fsp3) is 0.263. The number of hydrogen-bond acceptors (Lipinski definition) is 6. The fourth-order valence-corrected chi connectivity index (χ4v) is 2.69. The zero-order valence-corrected chi connectivity index (χ0v) is 16.2. The highest BCUT2D eigenvalue weighted by molar-refractivity contribution is 5.92. The molecular weight excluding hydrogens is 356 g/mol. The minimum Gasteiger partial charge on any atom is -0.337 e. The number of carbonyl (C=O) groups excluding carboxylic acids is 1. The second-order valence-corrected chi connectivity index (χ2v) is 6.05. The molecule has 0 atom stereocenters. The molecule has 0 fully saturated rings. The normalized spacial score (nSPS) is 10.4. The smallest absolute Gasteiger partial charge is 0.232 e. The molecule has 0 aliphatic rings. The molecule has 28 heavy (non-hydrogen) atoms. The Bertz CT molecular complexity index is 1080. The first kappa shape index (κ1) is 19.2. The van der Waals surface area contributed by atoms with Gasteiger partial charge in [0.1, 0.15) is 5.82 Å². The molecule has 1 aromatic carbocycles. The minimum absolute atomic E-state index is 0.0492. The number of pyridine rings is 1. The zero-order chi connectivity index (χ0) is 20.1. The first-order chi connectivity index (χ1) is 13.6. The maximum atomic E-state index is 12.1. The predicted molar refractivity (Wildman–Crippen MR) is 107 cm³/mol. The number of benzene rings is 1. The van der Waals surface area contributed by atoms with Crippen molar-refractivity contribution in [2.75, 3.05) is 5.32 Å². The van der Waals surface area contributed by atoms with Crippen LogP contribution < -0.4 is 5.32 Å². The van der Waals surface area contributed by atoms with Crippen molar-refractivity contribution in [1.82, 2.24) is 35.6 Å². The van der Waals surface area contributed by atoms with Gasteiger partial charge in [0.15, 0.2) is 11.5 Å². The highest BCUT2D eigenvalue weighted by atomic mass is 16.1. The highest BCUT2D eigenvalue weighted by Gasteiger charge is 2.12. The molecule has 4 aromatic rings. The third kappa shape index (κ3) is 4.20. The van der Waals surface area contributed by atoms with Gasteiger partial charge in [-0.1, -0.05) is 25.1 Å². The predicted octanol–water partition coefficient (Wildman–Crippen LogP) is 2.96. The van der Waals surface area contributed by atoms with Crippen molar-refractivity contribution < 1.29 is 4.79 Å². The number of nitrogens with one attached hydrogen (secondary N) is 3. The average Bonchev–Trinajstić information content (AvgIpc) is 3.34. The van der Waals surface area contributed by atoms with Gasteiger partial charge < -0.3 is 10.3 Å². The van der Waals surface area contributed by atoms with E-state index in [1.807, 2.05) is 52.0 Å². The van der Waals surface area contributed by atoms with E-state index in [1.165, 1.54) is 0 Å². The van der Waals surface area contributed by atoms with Crippen LogP contribution in [0.1, 0.15) is 30.8 Å². The molecule has 0 saturated carbocycles. The lowest BCUT2D eigenvalue weighted by Gasteiger charge is -2.08. The van der Waals surface area contributed by atoms with E-state index in [4.69, 9.17) is 0 Å². The number of nitrogens with zero attached hydrogens (tertiary/aromatic N) is 5. The third-order valence-electron chi connectivity index (χ3n) is 3.96. The molecule has 0 bridgehead atoms. The molecule has 3 aromatic heterocycles. The summed E-state index contributed by atoms with van der Waals surface area (Å²) in [5.74, 6) is 0.835. The van der Waals surface area contributed by atoms with Gasteiger partial charge in [-0.15, -0.1) is 10.2 Å². The lowest BCUT2D eigenvalue weighted by molar-refractivity contribution is -0.115. The Morgan fingerprint density at radius 1 is 1.18 bits per heavy atom. The number of amides is 1. The summed E-state index contributed by atoms with van der Waals surface area (Å²) in [4.78, 5) is 24.3. The molecule has 0 radical (unpaired) electrons. The molecule has 0 unspecified atom stereocenters. The number of tetrazole rings is 1. The first-order valence-electron chi connectivity index (χ1n) is 9.04. The van der Waals surface area contributed by atoms with Crippen LogP contribution in [0.5, 0.6) is 0 Å². The second kappa shape index (κ2) is 8.38. The molecule has 0 aliphatic carbocycles. The van der Waals surface area contributed by atoms with Crippen molar-refractivity contribution in [3.8, 4) is 11.4 Å². The van der Waals surface area contributed by atoms with E-state index < -0.39 is 0 Å². The molecular formula is C19H22N8O. The molecule has 9 heteroatoms. The van der Waals surface area contributed by atoms with E-state index >= 15 is 0 Å². The number of hydrogen-bond donors (Lipinski definition) is 3. The van der Waals surface area contributed by atoms with Crippen LogP contribution in [0.4, 0.5) is 5.69 Å². The summed E-state index contributed by atoms with van der Waals surface area (Å²) in [6.45, 7) is 7.98. The van der Waals surface area contributed by atoms with E-state index in [2.05, 4.69) is 40.9 Å². The number of aromatic nitrogens is 7. The topological polar surface area (TPSA) is 125 Å². The van der Waals surface area contributed by atoms with Gasteiger partial charge in [-0.3, -0.25) is 4.79 Å². The van der Waals surface area contributed by atoms with Crippen LogP contribution in [-0.4, -0.2) is 41.5 Å². The Balaban J connectivity index is 0.00000109. The highest BCUT2D eigenvalue weighted by Crippen LogP contribution is 2.26. The van der Waals surface area contributed by atoms with Crippen LogP contribution in [0.3, 0.4) is 0 Å². The molecule has 3 N–H and O–H groups in total. The molecule has 144 valence electrons. The number of imidazole rings is 1. The fourth-order valence-electron chi connectivity index (χ4n) is 2.69. The molecule has 9 nitrogen and oxygen atoms in total.